The van der Waals surface area contributed by atoms with Crippen LogP contribution in [0.5, 0.6) is 0 Å². The van der Waals surface area contributed by atoms with E-state index in [1.54, 1.807) is 0 Å². The number of hydrogen-bond acceptors (Lipinski definition) is 5. The van der Waals surface area contributed by atoms with Crippen molar-refractivity contribution in [2.24, 2.45) is 0 Å². The van der Waals surface area contributed by atoms with Crippen LogP contribution < -0.4 is 0 Å². The smallest absolute Gasteiger partial charge is 0.165 e. The monoisotopic (exact) mass is 1600 g/mol. The van der Waals surface area contributed by atoms with E-state index in [4.69, 9.17) is 24.9 Å². The second-order valence-electron chi connectivity index (χ2n) is 33.4. The molecule has 0 radical (unpaired) electrons. The van der Waals surface area contributed by atoms with Gasteiger partial charge in [0.25, 0.3) is 0 Å². The minimum atomic E-state index is 0.899. The van der Waals surface area contributed by atoms with E-state index in [-0.39, 0.29) is 0 Å². The number of aromatic nitrogens is 11. The molecule has 12 aromatic heterocycles. The van der Waals surface area contributed by atoms with Crippen molar-refractivity contribution in [2.45, 2.75) is 0 Å². The van der Waals surface area contributed by atoms with Crippen LogP contribution in [0, 0.1) is 0 Å². The molecule has 11 heteroatoms. The first kappa shape index (κ1) is 68.6. The molecule has 126 heavy (non-hydrogen) atoms. The predicted octanol–water partition coefficient (Wildman–Crippen LogP) is 29.2. The van der Waals surface area contributed by atoms with Crippen LogP contribution in [0.15, 0.2) is 406 Å². The highest BCUT2D eigenvalue weighted by atomic mass is 15.1. The molecule has 0 unspecified atom stereocenters. The number of benzene rings is 18. The van der Waals surface area contributed by atoms with E-state index in [1.807, 2.05) is 24.3 Å². The molecule has 0 aliphatic heterocycles. The second kappa shape index (κ2) is 26.2. The van der Waals surface area contributed by atoms with Gasteiger partial charge in [-0.3, -0.25) is 8.80 Å². The number of fused-ring (bicyclic) bond motifs is 30. The summed E-state index contributed by atoms with van der Waals surface area (Å²) >= 11 is 0. The van der Waals surface area contributed by atoms with Gasteiger partial charge in [-0.25, -0.2) is 24.9 Å². The SMILES string of the molecule is c1ccc(-c2cc3c4cc5c6ccccc6n(-c6ccccc6)c5cc4n4c5nc6ccccc6nc5c(c2)c34)cc1.c1ccc(-c2cc3c4cc5c6ccccc6n(-c6ccccc6)c5cc4n4c5nc6ccccc6nc5c(c2)c34)cc1.c1ccc(-c2ccc(-n3c4ccccc4c4cc5c6cccc7c8nc9ccccc9cc8n(c5cc43)c67)cc2)cc1. The van der Waals surface area contributed by atoms with Gasteiger partial charge >= 0.3 is 0 Å². The van der Waals surface area contributed by atoms with Crippen molar-refractivity contribution in [2.75, 3.05) is 0 Å². The van der Waals surface area contributed by atoms with Crippen LogP contribution in [0.3, 0.4) is 0 Å². The van der Waals surface area contributed by atoms with Gasteiger partial charge < -0.3 is 18.1 Å². The van der Waals surface area contributed by atoms with Crippen molar-refractivity contribution < 1.29 is 0 Å². The normalized spacial score (nSPS) is 12.3. The Balaban J connectivity index is 0.0000000961. The molecule has 582 valence electrons. The molecular formula is C115H67N11. The summed E-state index contributed by atoms with van der Waals surface area (Å²) in [5.74, 6) is 0. The van der Waals surface area contributed by atoms with Gasteiger partial charge in [-0.05, 0) is 185 Å². The van der Waals surface area contributed by atoms with Crippen LogP contribution in [0.25, 0.3) is 264 Å². The molecule has 0 amide bonds. The molecule has 0 saturated carbocycles. The average Bonchev–Trinajstić information content (AvgIpc) is 1.52. The Kier molecular flexibility index (Phi) is 14.3. The van der Waals surface area contributed by atoms with Crippen molar-refractivity contribution in [3.8, 4) is 50.4 Å². The van der Waals surface area contributed by atoms with Gasteiger partial charge in [-0.15, -0.1) is 0 Å². The third kappa shape index (κ3) is 9.84. The summed E-state index contributed by atoms with van der Waals surface area (Å²) in [5.41, 5.74) is 35.5. The summed E-state index contributed by atoms with van der Waals surface area (Å²) in [6, 6.07) is 146. The molecule has 11 nitrogen and oxygen atoms in total. The lowest BCUT2D eigenvalue weighted by molar-refractivity contribution is 1.18. The Morgan fingerprint density at radius 2 is 0.468 bits per heavy atom. The fraction of sp³-hybridized carbons (Fsp3) is 0. The van der Waals surface area contributed by atoms with Gasteiger partial charge in [0.2, 0.25) is 0 Å². The maximum atomic E-state index is 5.22. The molecule has 0 atom stereocenters. The zero-order valence-electron chi connectivity index (χ0n) is 67.6. The third-order valence-electron chi connectivity index (χ3n) is 26.6. The molecule has 18 aromatic carbocycles. The highest BCUT2D eigenvalue weighted by molar-refractivity contribution is 6.30. The van der Waals surface area contributed by atoms with Crippen LogP contribution >= 0.6 is 0 Å². The molecule has 30 rings (SSSR count). The Morgan fingerprint density at radius 1 is 0.151 bits per heavy atom. The summed E-state index contributed by atoms with van der Waals surface area (Å²) in [5, 5.41) is 19.6. The molecule has 0 spiro atoms. The predicted molar refractivity (Wildman–Crippen MR) is 524 cm³/mol. The van der Waals surface area contributed by atoms with Gasteiger partial charge in [0, 0.05) is 103 Å². The Hall–Kier alpha value is -17.2. The van der Waals surface area contributed by atoms with E-state index in [0.29, 0.717) is 0 Å². The maximum Gasteiger partial charge on any atom is 0.165 e. The van der Waals surface area contributed by atoms with Gasteiger partial charge in [-0.1, -0.05) is 255 Å². The number of rotatable bonds is 6. The van der Waals surface area contributed by atoms with Crippen LogP contribution in [0.1, 0.15) is 0 Å². The van der Waals surface area contributed by atoms with E-state index in [1.165, 1.54) is 159 Å². The molecule has 0 aliphatic carbocycles. The molecule has 0 N–H and O–H groups in total. The lowest BCUT2D eigenvalue weighted by Gasteiger charge is -2.10. The summed E-state index contributed by atoms with van der Waals surface area (Å²) < 4.78 is 14.3. The summed E-state index contributed by atoms with van der Waals surface area (Å²) in [6.45, 7) is 0. The standard InChI is InChI=1S/C39H23N3.2C38H22N4/c1-2-9-24(10-3-1)25-17-19-27(20-18-25)41-34-16-7-5-12-28(34)31-22-32-29-13-8-14-30-38-37(21-26-11-4-6-15-33(26)40-38)42(39(29)30)36(32)23-35(31)41;2*1-3-11-23(12-4-1)24-19-29-28-21-27-26-15-7-10-18-33(26)41(25-13-5-2-6-14-25)34(27)22-35(28)42-37(29)30(20-24)36-38(42)40-32-17-9-8-16-31(32)39-36/h1-23H;2*1-22H. The molecule has 0 fully saturated rings. The zero-order valence-corrected chi connectivity index (χ0v) is 67.6. The number of pyridine rings is 1. The van der Waals surface area contributed by atoms with Crippen LogP contribution in [-0.2, 0) is 0 Å². The van der Waals surface area contributed by atoms with Crippen LogP contribution in [-0.4, -0.2) is 51.8 Å². The lowest BCUT2D eigenvalue weighted by atomic mass is 10.00. The van der Waals surface area contributed by atoms with Crippen molar-refractivity contribution in [1.82, 2.24) is 51.8 Å². The minimum Gasteiger partial charge on any atom is -0.309 e. The van der Waals surface area contributed by atoms with Gasteiger partial charge in [0.05, 0.1) is 105 Å². The van der Waals surface area contributed by atoms with Crippen molar-refractivity contribution in [1.29, 1.82) is 0 Å². The van der Waals surface area contributed by atoms with Crippen LogP contribution in [0.4, 0.5) is 0 Å². The summed E-state index contributed by atoms with van der Waals surface area (Å²) in [7, 11) is 0. The zero-order chi connectivity index (χ0) is 82.1. The van der Waals surface area contributed by atoms with Crippen molar-refractivity contribution in [3.05, 3.63) is 406 Å². The summed E-state index contributed by atoms with van der Waals surface area (Å²) in [4.78, 5) is 25.9. The van der Waals surface area contributed by atoms with Crippen molar-refractivity contribution in [3.63, 3.8) is 0 Å². The first-order chi connectivity index (χ1) is 62.5. The Bertz CT molecular complexity index is 9400. The molecule has 0 saturated heterocycles. The van der Waals surface area contributed by atoms with Crippen molar-refractivity contribution >= 4 is 213 Å². The highest BCUT2D eigenvalue weighted by Crippen LogP contribution is 2.49. The number of hydrogen-bond donors (Lipinski definition) is 0. The van der Waals surface area contributed by atoms with Gasteiger partial charge in [-0.2, -0.15) is 0 Å². The van der Waals surface area contributed by atoms with E-state index in [9.17, 15) is 0 Å². The molecule has 0 aliphatic rings. The highest BCUT2D eigenvalue weighted by Gasteiger charge is 2.29. The van der Waals surface area contributed by atoms with Gasteiger partial charge in [0.1, 0.15) is 11.0 Å². The first-order valence-electron chi connectivity index (χ1n) is 42.9. The van der Waals surface area contributed by atoms with E-state index < -0.39 is 0 Å². The fourth-order valence-corrected chi connectivity index (χ4v) is 21.1. The molecule has 0 bridgehead atoms. The molecule has 12 heterocycles. The lowest BCUT2D eigenvalue weighted by Crippen LogP contribution is -1.94. The Labute approximate surface area is 717 Å². The topological polar surface area (TPSA) is 92.5 Å². The van der Waals surface area contributed by atoms with Crippen LogP contribution in [0.2, 0.25) is 0 Å². The number of nitrogens with zero attached hydrogens (tertiary/aromatic N) is 11. The molecular weight excluding hydrogens is 1540 g/mol. The van der Waals surface area contributed by atoms with Gasteiger partial charge in [0.15, 0.2) is 11.3 Å². The van der Waals surface area contributed by atoms with E-state index in [2.05, 4.69) is 409 Å². The Morgan fingerprint density at radius 3 is 0.929 bits per heavy atom. The molecule has 30 aromatic rings. The third-order valence-corrected chi connectivity index (χ3v) is 26.6. The van der Waals surface area contributed by atoms with E-state index in [0.717, 1.165) is 105 Å². The fourth-order valence-electron chi connectivity index (χ4n) is 21.1. The average molecular weight is 1600 g/mol. The summed E-state index contributed by atoms with van der Waals surface area (Å²) in [6.07, 6.45) is 0. The second-order valence-corrected chi connectivity index (χ2v) is 33.4. The first-order valence-corrected chi connectivity index (χ1v) is 42.9. The van der Waals surface area contributed by atoms with E-state index >= 15 is 0 Å². The quantitative estimate of drug-likeness (QED) is 0.165. The minimum absolute atomic E-state index is 0.899. The maximum absolute atomic E-state index is 5.22. The largest absolute Gasteiger partial charge is 0.309 e. The number of para-hydroxylation sites is 11.